The van der Waals surface area contributed by atoms with Crippen molar-refractivity contribution < 1.29 is 0 Å². The molecule has 1 aliphatic heterocycles. The van der Waals surface area contributed by atoms with E-state index < -0.39 is 0 Å². The summed E-state index contributed by atoms with van der Waals surface area (Å²) in [5.74, 6) is 0. The summed E-state index contributed by atoms with van der Waals surface area (Å²) in [6.45, 7) is 10.7. The summed E-state index contributed by atoms with van der Waals surface area (Å²) < 4.78 is 0. The van der Waals surface area contributed by atoms with E-state index in [-0.39, 0.29) is 0 Å². The molecule has 1 heterocycles. The van der Waals surface area contributed by atoms with Crippen molar-refractivity contribution in [2.45, 2.75) is 20.3 Å². The number of piperidine rings is 1. The van der Waals surface area contributed by atoms with Crippen LogP contribution in [0.15, 0.2) is 12.2 Å². The molecule has 0 aliphatic carbocycles. The zero-order valence-corrected chi connectivity index (χ0v) is 6.33. The van der Waals surface area contributed by atoms with Crippen molar-refractivity contribution in [3.05, 3.63) is 12.2 Å². The molecule has 1 aliphatic rings. The van der Waals surface area contributed by atoms with Gasteiger partial charge in [0.1, 0.15) is 0 Å². The molecule has 0 aromatic carbocycles. The van der Waals surface area contributed by atoms with Crippen LogP contribution in [0.1, 0.15) is 20.3 Å². The smallest absolute Gasteiger partial charge is 0.0167 e. The largest absolute Gasteiger partial charge is 0.313 e. The van der Waals surface area contributed by atoms with Gasteiger partial charge in [0.15, 0.2) is 0 Å². The van der Waals surface area contributed by atoms with Crippen LogP contribution < -0.4 is 5.32 Å². The highest BCUT2D eigenvalue weighted by atomic mass is 14.9. The van der Waals surface area contributed by atoms with E-state index in [9.17, 15) is 0 Å². The summed E-state index contributed by atoms with van der Waals surface area (Å²) in [5, 5.41) is 3.29. The van der Waals surface area contributed by atoms with Gasteiger partial charge >= 0.3 is 0 Å². The molecule has 9 heavy (non-hydrogen) atoms. The Morgan fingerprint density at radius 1 is 1.56 bits per heavy atom. The van der Waals surface area contributed by atoms with E-state index in [1.54, 1.807) is 0 Å². The van der Waals surface area contributed by atoms with Gasteiger partial charge in [-0.25, -0.2) is 0 Å². The zero-order valence-electron chi connectivity index (χ0n) is 6.33. The summed E-state index contributed by atoms with van der Waals surface area (Å²) in [6.07, 6.45) is 1.23. The van der Waals surface area contributed by atoms with Gasteiger partial charge in [0.25, 0.3) is 0 Å². The van der Waals surface area contributed by atoms with Crippen molar-refractivity contribution in [2.24, 2.45) is 5.41 Å². The molecule has 0 aromatic heterocycles. The summed E-state index contributed by atoms with van der Waals surface area (Å²) in [5.41, 5.74) is 1.72. The molecule has 0 atom stereocenters. The summed E-state index contributed by atoms with van der Waals surface area (Å²) in [6, 6.07) is 0. The van der Waals surface area contributed by atoms with Gasteiger partial charge < -0.3 is 5.32 Å². The van der Waals surface area contributed by atoms with E-state index in [1.807, 2.05) is 0 Å². The third-order valence-corrected chi connectivity index (χ3v) is 2.22. The van der Waals surface area contributed by atoms with Crippen molar-refractivity contribution in [1.82, 2.24) is 5.32 Å². The zero-order chi connectivity index (χ0) is 6.91. The maximum absolute atomic E-state index is 4.00. The van der Waals surface area contributed by atoms with E-state index in [4.69, 9.17) is 0 Å². The van der Waals surface area contributed by atoms with E-state index in [2.05, 4.69) is 25.7 Å². The molecule has 0 spiro atoms. The molecule has 52 valence electrons. The molecule has 1 fully saturated rings. The van der Waals surface area contributed by atoms with Crippen LogP contribution in [0.3, 0.4) is 0 Å². The van der Waals surface area contributed by atoms with Crippen molar-refractivity contribution in [3.63, 3.8) is 0 Å². The fourth-order valence-electron chi connectivity index (χ4n) is 1.06. The van der Waals surface area contributed by atoms with Crippen molar-refractivity contribution >= 4 is 0 Å². The maximum Gasteiger partial charge on any atom is 0.0167 e. The Hall–Kier alpha value is -0.300. The summed E-state index contributed by atoms with van der Waals surface area (Å²) in [7, 11) is 0. The van der Waals surface area contributed by atoms with Crippen LogP contribution in [0.5, 0.6) is 0 Å². The van der Waals surface area contributed by atoms with Crippen molar-refractivity contribution in [3.8, 4) is 0 Å². The molecule has 0 radical (unpaired) electrons. The monoisotopic (exact) mass is 125 g/mol. The van der Waals surface area contributed by atoms with Gasteiger partial charge in [-0.15, -0.1) is 0 Å². The lowest BCUT2D eigenvalue weighted by Crippen LogP contribution is -2.34. The lowest BCUT2D eigenvalue weighted by Gasteiger charge is -2.32. The van der Waals surface area contributed by atoms with Gasteiger partial charge in [0, 0.05) is 6.54 Å². The second-order valence-corrected chi connectivity index (χ2v) is 3.41. The van der Waals surface area contributed by atoms with Gasteiger partial charge in [-0.1, -0.05) is 26.0 Å². The second-order valence-electron chi connectivity index (χ2n) is 3.41. The molecule has 0 saturated carbocycles. The minimum absolute atomic E-state index is 0.380. The van der Waals surface area contributed by atoms with Crippen LogP contribution in [-0.2, 0) is 0 Å². The number of nitrogens with one attached hydrogen (secondary N) is 1. The molecule has 0 bridgehead atoms. The molecular formula is C8H15N. The van der Waals surface area contributed by atoms with Crippen molar-refractivity contribution in [2.75, 3.05) is 13.1 Å². The van der Waals surface area contributed by atoms with Crippen molar-refractivity contribution in [1.29, 1.82) is 0 Å². The van der Waals surface area contributed by atoms with Gasteiger partial charge in [0.05, 0.1) is 0 Å². The van der Waals surface area contributed by atoms with Gasteiger partial charge in [-0.3, -0.25) is 0 Å². The van der Waals surface area contributed by atoms with Crippen LogP contribution >= 0.6 is 0 Å². The highest BCUT2D eigenvalue weighted by Crippen LogP contribution is 2.30. The number of hydrogen-bond acceptors (Lipinski definition) is 1. The Kier molecular flexibility index (Phi) is 1.62. The Balaban J connectivity index is 2.60. The predicted octanol–water partition coefficient (Wildman–Crippen LogP) is 1.56. The quantitative estimate of drug-likeness (QED) is 0.484. The van der Waals surface area contributed by atoms with Crippen LogP contribution in [-0.4, -0.2) is 13.1 Å². The lowest BCUT2D eigenvalue weighted by molar-refractivity contribution is 0.350. The first-order valence-electron chi connectivity index (χ1n) is 3.52. The van der Waals surface area contributed by atoms with Gasteiger partial charge in [-0.2, -0.15) is 0 Å². The first-order valence-corrected chi connectivity index (χ1v) is 3.52. The molecule has 1 nitrogen and oxygen atoms in total. The van der Waals surface area contributed by atoms with E-state index in [0.717, 1.165) is 13.1 Å². The van der Waals surface area contributed by atoms with Crippen LogP contribution in [0.2, 0.25) is 0 Å². The normalized spacial score (nSPS) is 26.2. The van der Waals surface area contributed by atoms with Crippen LogP contribution in [0, 0.1) is 5.41 Å². The average molecular weight is 125 g/mol. The Morgan fingerprint density at radius 2 is 2.22 bits per heavy atom. The standard InChI is InChI=1S/C8H15N/c1-7-6-9-5-4-8(7,2)3/h9H,1,4-6H2,2-3H3. The molecular weight excluding hydrogens is 110 g/mol. The minimum atomic E-state index is 0.380. The SMILES string of the molecule is C=C1CNCCC1(C)C. The summed E-state index contributed by atoms with van der Waals surface area (Å²) >= 11 is 0. The Morgan fingerprint density at radius 3 is 2.56 bits per heavy atom. The average Bonchev–Trinajstić information content (AvgIpc) is 1.77. The van der Waals surface area contributed by atoms with Gasteiger partial charge in [-0.05, 0) is 18.4 Å². The minimum Gasteiger partial charge on any atom is -0.313 e. The van der Waals surface area contributed by atoms with Crippen LogP contribution in [0.4, 0.5) is 0 Å². The first-order chi connectivity index (χ1) is 4.13. The van der Waals surface area contributed by atoms with E-state index in [0.29, 0.717) is 5.41 Å². The molecule has 1 saturated heterocycles. The van der Waals surface area contributed by atoms with E-state index in [1.165, 1.54) is 12.0 Å². The fourth-order valence-corrected chi connectivity index (χ4v) is 1.06. The third kappa shape index (κ3) is 1.33. The second kappa shape index (κ2) is 2.14. The molecule has 0 aromatic rings. The predicted molar refractivity (Wildman–Crippen MR) is 40.4 cm³/mol. The molecule has 1 rings (SSSR count). The fraction of sp³-hybridized carbons (Fsp3) is 0.750. The first kappa shape index (κ1) is 6.81. The van der Waals surface area contributed by atoms with E-state index >= 15 is 0 Å². The van der Waals surface area contributed by atoms with Crippen LogP contribution in [0.25, 0.3) is 0 Å². The molecule has 1 heteroatoms. The number of hydrogen-bond donors (Lipinski definition) is 1. The third-order valence-electron chi connectivity index (χ3n) is 2.22. The highest BCUT2D eigenvalue weighted by molar-refractivity contribution is 5.11. The molecule has 0 unspecified atom stereocenters. The topological polar surface area (TPSA) is 12.0 Å². The lowest BCUT2D eigenvalue weighted by atomic mass is 9.80. The number of rotatable bonds is 0. The summed E-state index contributed by atoms with van der Waals surface area (Å²) in [4.78, 5) is 0. The Labute approximate surface area is 57.1 Å². The maximum atomic E-state index is 4.00. The highest BCUT2D eigenvalue weighted by Gasteiger charge is 2.23. The van der Waals surface area contributed by atoms with Gasteiger partial charge in [0.2, 0.25) is 0 Å². The molecule has 0 amide bonds. The molecule has 1 N–H and O–H groups in total. The Bertz CT molecular complexity index is 125.